The van der Waals surface area contributed by atoms with Crippen molar-refractivity contribution in [3.05, 3.63) is 29.8 Å². The van der Waals surface area contributed by atoms with Crippen LogP contribution in [-0.4, -0.2) is 31.9 Å². The fourth-order valence-corrected chi connectivity index (χ4v) is 2.56. The Hall–Kier alpha value is -1.60. The van der Waals surface area contributed by atoms with Crippen LogP contribution in [0.2, 0.25) is 0 Å². The van der Waals surface area contributed by atoms with Crippen molar-refractivity contribution in [3.63, 3.8) is 0 Å². The Kier molecular flexibility index (Phi) is 4.90. The molecule has 2 atom stereocenters. The van der Waals surface area contributed by atoms with Crippen molar-refractivity contribution in [1.82, 2.24) is 4.72 Å². The molecular weight excluding hydrogens is 270 g/mol. The van der Waals surface area contributed by atoms with Gasteiger partial charge in [0.25, 0.3) is 0 Å². The lowest BCUT2D eigenvalue weighted by molar-refractivity contribution is -0.136. The molecule has 19 heavy (non-hydrogen) atoms. The van der Waals surface area contributed by atoms with Crippen LogP contribution in [0.3, 0.4) is 0 Å². The standard InChI is InChI=1S/C12H17NO5S/c1-8(10-5-4-6-11(7-10)18-3)13-19(16,17)9(2)12(14)15/h4-9,13H,1-3H3,(H,14,15)/t8-,9?/m1/s1. The Labute approximate surface area is 112 Å². The van der Waals surface area contributed by atoms with Crippen molar-refractivity contribution in [2.45, 2.75) is 25.1 Å². The Bertz CT molecular complexity index is 555. The highest BCUT2D eigenvalue weighted by Crippen LogP contribution is 2.20. The molecule has 2 N–H and O–H groups in total. The van der Waals surface area contributed by atoms with Gasteiger partial charge in [0.15, 0.2) is 5.25 Å². The van der Waals surface area contributed by atoms with Crippen LogP contribution in [-0.2, 0) is 14.8 Å². The zero-order valence-corrected chi connectivity index (χ0v) is 11.8. The van der Waals surface area contributed by atoms with Crippen LogP contribution in [0.1, 0.15) is 25.5 Å². The normalized spacial score (nSPS) is 14.7. The van der Waals surface area contributed by atoms with Gasteiger partial charge >= 0.3 is 5.97 Å². The summed E-state index contributed by atoms with van der Waals surface area (Å²) in [5, 5.41) is 7.24. The first-order chi connectivity index (χ1) is 8.77. The first-order valence-corrected chi connectivity index (χ1v) is 7.20. The molecule has 1 rings (SSSR count). The van der Waals surface area contributed by atoms with E-state index in [9.17, 15) is 13.2 Å². The van der Waals surface area contributed by atoms with Crippen molar-refractivity contribution in [2.24, 2.45) is 0 Å². The highest BCUT2D eigenvalue weighted by atomic mass is 32.2. The minimum Gasteiger partial charge on any atom is -0.497 e. The second kappa shape index (κ2) is 6.03. The second-order valence-electron chi connectivity index (χ2n) is 4.14. The summed E-state index contributed by atoms with van der Waals surface area (Å²) in [6.07, 6.45) is 0. The molecule has 0 aliphatic carbocycles. The Morgan fingerprint density at radius 1 is 1.37 bits per heavy atom. The topological polar surface area (TPSA) is 92.7 Å². The largest absolute Gasteiger partial charge is 0.497 e. The Morgan fingerprint density at radius 2 is 2.00 bits per heavy atom. The minimum atomic E-state index is -3.92. The van der Waals surface area contributed by atoms with Gasteiger partial charge in [0, 0.05) is 6.04 Å². The number of rotatable bonds is 6. The van der Waals surface area contributed by atoms with Gasteiger partial charge in [0.2, 0.25) is 10.0 Å². The quantitative estimate of drug-likeness (QED) is 0.818. The SMILES string of the molecule is COc1cccc([C@@H](C)NS(=O)(=O)C(C)C(=O)O)c1. The number of carboxylic acid groups (broad SMARTS) is 1. The number of hydrogen-bond donors (Lipinski definition) is 2. The summed E-state index contributed by atoms with van der Waals surface area (Å²) in [7, 11) is -2.40. The molecule has 106 valence electrons. The van der Waals surface area contributed by atoms with Gasteiger partial charge in [-0.15, -0.1) is 0 Å². The lowest BCUT2D eigenvalue weighted by Gasteiger charge is -2.17. The molecule has 0 spiro atoms. The molecule has 0 heterocycles. The molecule has 0 saturated heterocycles. The van der Waals surface area contributed by atoms with Crippen molar-refractivity contribution >= 4 is 16.0 Å². The predicted molar refractivity (Wildman–Crippen MR) is 70.6 cm³/mol. The zero-order chi connectivity index (χ0) is 14.6. The second-order valence-corrected chi connectivity index (χ2v) is 6.17. The van der Waals surface area contributed by atoms with E-state index >= 15 is 0 Å². The van der Waals surface area contributed by atoms with Crippen LogP contribution in [0.25, 0.3) is 0 Å². The number of nitrogens with one attached hydrogen (secondary N) is 1. The third kappa shape index (κ3) is 3.93. The molecule has 0 radical (unpaired) electrons. The molecule has 1 aromatic carbocycles. The van der Waals surface area contributed by atoms with Crippen molar-refractivity contribution in [2.75, 3.05) is 7.11 Å². The van der Waals surface area contributed by atoms with Gasteiger partial charge in [-0.1, -0.05) is 12.1 Å². The van der Waals surface area contributed by atoms with E-state index in [0.717, 1.165) is 6.92 Å². The summed E-state index contributed by atoms with van der Waals surface area (Å²) in [5.74, 6) is -0.778. The first-order valence-electron chi connectivity index (χ1n) is 5.66. The van der Waals surface area contributed by atoms with Crippen molar-refractivity contribution in [1.29, 1.82) is 0 Å². The van der Waals surface area contributed by atoms with Crippen LogP contribution >= 0.6 is 0 Å². The van der Waals surface area contributed by atoms with Crippen LogP contribution in [0, 0.1) is 0 Å². The molecule has 7 heteroatoms. The maximum absolute atomic E-state index is 11.8. The van der Waals surface area contributed by atoms with E-state index < -0.39 is 27.3 Å². The first kappa shape index (κ1) is 15.5. The van der Waals surface area contributed by atoms with E-state index in [2.05, 4.69) is 4.72 Å². The Balaban J connectivity index is 2.90. The van der Waals surface area contributed by atoms with Crippen LogP contribution < -0.4 is 9.46 Å². The van der Waals surface area contributed by atoms with Crippen LogP contribution in [0.15, 0.2) is 24.3 Å². The van der Waals surface area contributed by atoms with Gasteiger partial charge in [-0.3, -0.25) is 4.79 Å². The maximum atomic E-state index is 11.8. The molecule has 6 nitrogen and oxygen atoms in total. The van der Waals surface area contributed by atoms with Gasteiger partial charge in [-0.2, -0.15) is 0 Å². The van der Waals surface area contributed by atoms with E-state index in [-0.39, 0.29) is 0 Å². The molecule has 1 aromatic rings. The maximum Gasteiger partial charge on any atom is 0.323 e. The lowest BCUT2D eigenvalue weighted by Crippen LogP contribution is -2.38. The number of hydrogen-bond acceptors (Lipinski definition) is 4. The van der Waals surface area contributed by atoms with E-state index in [0.29, 0.717) is 11.3 Å². The molecule has 0 saturated carbocycles. The monoisotopic (exact) mass is 287 g/mol. The van der Waals surface area contributed by atoms with E-state index in [1.807, 2.05) is 0 Å². The van der Waals surface area contributed by atoms with Crippen LogP contribution in [0.5, 0.6) is 5.75 Å². The summed E-state index contributed by atoms with van der Waals surface area (Å²) < 4.78 is 31.0. The van der Waals surface area contributed by atoms with Gasteiger partial charge in [0.05, 0.1) is 7.11 Å². The van der Waals surface area contributed by atoms with Crippen molar-refractivity contribution < 1.29 is 23.1 Å². The Morgan fingerprint density at radius 3 is 2.53 bits per heavy atom. The van der Waals surface area contributed by atoms with Gasteiger partial charge in [-0.25, -0.2) is 13.1 Å². The molecule has 0 bridgehead atoms. The smallest absolute Gasteiger partial charge is 0.323 e. The van der Waals surface area contributed by atoms with Crippen molar-refractivity contribution in [3.8, 4) is 5.75 Å². The summed E-state index contributed by atoms with van der Waals surface area (Å²) in [5.41, 5.74) is 0.695. The van der Waals surface area contributed by atoms with E-state index in [1.54, 1.807) is 31.2 Å². The number of ether oxygens (including phenoxy) is 1. The molecule has 0 fully saturated rings. The molecule has 0 aromatic heterocycles. The molecule has 0 aliphatic rings. The summed E-state index contributed by atoms with van der Waals surface area (Å²) in [4.78, 5) is 10.7. The number of benzene rings is 1. The average molecular weight is 287 g/mol. The predicted octanol–water partition coefficient (Wildman–Crippen LogP) is 1.15. The molecule has 0 aliphatic heterocycles. The van der Waals surface area contributed by atoms with Gasteiger partial charge < -0.3 is 9.84 Å². The fourth-order valence-electron chi connectivity index (χ4n) is 1.46. The third-order valence-corrected chi connectivity index (χ3v) is 4.56. The third-order valence-electron chi connectivity index (χ3n) is 2.75. The summed E-state index contributed by atoms with van der Waals surface area (Å²) >= 11 is 0. The molecule has 0 amide bonds. The molecular formula is C12H17NO5S. The fraction of sp³-hybridized carbons (Fsp3) is 0.417. The van der Waals surface area contributed by atoms with Crippen LogP contribution in [0.4, 0.5) is 0 Å². The van der Waals surface area contributed by atoms with E-state index in [4.69, 9.17) is 9.84 Å². The zero-order valence-electron chi connectivity index (χ0n) is 11.0. The average Bonchev–Trinajstić information content (AvgIpc) is 2.37. The summed E-state index contributed by atoms with van der Waals surface area (Å²) in [6.45, 7) is 2.77. The lowest BCUT2D eigenvalue weighted by atomic mass is 10.1. The minimum absolute atomic E-state index is 0.540. The number of carboxylic acids is 1. The van der Waals surface area contributed by atoms with E-state index in [1.165, 1.54) is 7.11 Å². The molecule has 1 unspecified atom stereocenters. The highest BCUT2D eigenvalue weighted by molar-refractivity contribution is 7.90. The van der Waals surface area contributed by atoms with Gasteiger partial charge in [-0.05, 0) is 31.5 Å². The highest BCUT2D eigenvalue weighted by Gasteiger charge is 2.29. The summed E-state index contributed by atoms with van der Waals surface area (Å²) in [6, 6.07) is 6.37. The number of aliphatic carboxylic acids is 1. The van der Waals surface area contributed by atoms with Gasteiger partial charge in [0.1, 0.15) is 5.75 Å². The number of carbonyl (C=O) groups is 1. The number of methoxy groups -OCH3 is 1. The number of sulfonamides is 1.